The molecule has 2 atom stereocenters. The molecule has 2 N–H and O–H groups in total. The first-order valence-electron chi connectivity index (χ1n) is 4.27. The summed E-state index contributed by atoms with van der Waals surface area (Å²) >= 11 is 0. The Kier molecular flexibility index (Phi) is 3.12. The maximum absolute atomic E-state index is 11.1. The Hall–Kier alpha value is -1.01. The second kappa shape index (κ2) is 4.13. The van der Waals surface area contributed by atoms with Crippen molar-refractivity contribution in [3.8, 4) is 12.3 Å². The summed E-state index contributed by atoms with van der Waals surface area (Å²) in [5.74, 6) is 2.68. The van der Waals surface area contributed by atoms with Gasteiger partial charge in [0.05, 0.1) is 12.1 Å². The van der Waals surface area contributed by atoms with E-state index in [1.807, 2.05) is 6.92 Å². The minimum absolute atomic E-state index is 0.0267. The van der Waals surface area contributed by atoms with Crippen molar-refractivity contribution in [3.05, 3.63) is 0 Å². The Bertz CT molecular complexity index is 207. The van der Waals surface area contributed by atoms with Crippen LogP contribution in [0.25, 0.3) is 0 Å². The molecule has 3 nitrogen and oxygen atoms in total. The van der Waals surface area contributed by atoms with Gasteiger partial charge in [-0.15, -0.1) is 6.42 Å². The zero-order valence-electron chi connectivity index (χ0n) is 7.26. The number of rotatable bonds is 3. The monoisotopic (exact) mass is 166 g/mol. The second-order valence-corrected chi connectivity index (χ2v) is 2.93. The predicted octanol–water partition coefficient (Wildman–Crippen LogP) is -0.124. The molecule has 0 aromatic rings. The highest BCUT2D eigenvalue weighted by atomic mass is 16.2. The third-order valence-electron chi connectivity index (χ3n) is 2.06. The Morgan fingerprint density at radius 1 is 1.92 bits per heavy atom. The number of nitrogens with one attached hydrogen (secondary N) is 2. The summed E-state index contributed by atoms with van der Waals surface area (Å²) in [6.07, 6.45) is 6.97. The van der Waals surface area contributed by atoms with Gasteiger partial charge in [0.15, 0.2) is 0 Å². The highest BCUT2D eigenvalue weighted by Crippen LogP contribution is 2.01. The van der Waals surface area contributed by atoms with Crippen LogP contribution >= 0.6 is 0 Å². The third kappa shape index (κ3) is 1.99. The number of carbonyl (C=O) groups excluding carboxylic acids is 1. The first kappa shape index (κ1) is 9.08. The van der Waals surface area contributed by atoms with E-state index in [4.69, 9.17) is 6.42 Å². The fourth-order valence-corrected chi connectivity index (χ4v) is 1.28. The molecule has 1 aliphatic heterocycles. The Balaban J connectivity index is 2.40. The lowest BCUT2D eigenvalue weighted by atomic mass is 10.2. The molecule has 0 radical (unpaired) electrons. The average Bonchev–Trinajstić information content (AvgIpc) is 2.47. The summed E-state index contributed by atoms with van der Waals surface area (Å²) in [4.78, 5) is 11.1. The molecule has 0 aliphatic carbocycles. The van der Waals surface area contributed by atoms with Gasteiger partial charge in [0.1, 0.15) is 0 Å². The van der Waals surface area contributed by atoms with E-state index in [1.54, 1.807) is 0 Å². The number of hydrogen-bond donors (Lipinski definition) is 2. The minimum Gasteiger partial charge on any atom is -0.355 e. The van der Waals surface area contributed by atoms with Crippen LogP contribution in [0.1, 0.15) is 19.8 Å². The lowest BCUT2D eigenvalue weighted by Crippen LogP contribution is -2.41. The van der Waals surface area contributed by atoms with Crippen molar-refractivity contribution in [3.63, 3.8) is 0 Å². The lowest BCUT2D eigenvalue weighted by molar-refractivity contribution is -0.120. The summed E-state index contributed by atoms with van der Waals surface area (Å²) in [5, 5.41) is 5.87. The second-order valence-electron chi connectivity index (χ2n) is 2.93. The van der Waals surface area contributed by atoms with E-state index in [0.29, 0.717) is 0 Å². The van der Waals surface area contributed by atoms with Crippen LogP contribution in [0.5, 0.6) is 0 Å². The van der Waals surface area contributed by atoms with Gasteiger partial charge in [-0.25, -0.2) is 0 Å². The van der Waals surface area contributed by atoms with Gasteiger partial charge in [-0.1, -0.05) is 12.8 Å². The van der Waals surface area contributed by atoms with Crippen molar-refractivity contribution < 1.29 is 4.79 Å². The van der Waals surface area contributed by atoms with E-state index in [2.05, 4.69) is 16.6 Å². The number of carbonyl (C=O) groups is 1. The van der Waals surface area contributed by atoms with Gasteiger partial charge in [-0.05, 0) is 12.8 Å². The molecule has 1 heterocycles. The standard InChI is InChI=1S/C9H14N2O/c1-3-7(4-2)11-8-5-6-10-9(8)12/h1,7-8,11H,4-6H2,2H3,(H,10,12). The van der Waals surface area contributed by atoms with Crippen molar-refractivity contribution in [2.75, 3.05) is 6.54 Å². The molecule has 3 heteroatoms. The molecule has 0 spiro atoms. The van der Waals surface area contributed by atoms with Gasteiger partial charge in [-0.2, -0.15) is 0 Å². The van der Waals surface area contributed by atoms with E-state index < -0.39 is 0 Å². The topological polar surface area (TPSA) is 41.1 Å². The van der Waals surface area contributed by atoms with Gasteiger partial charge in [0.25, 0.3) is 0 Å². The molecule has 1 rings (SSSR count). The average molecular weight is 166 g/mol. The van der Waals surface area contributed by atoms with Gasteiger partial charge < -0.3 is 5.32 Å². The minimum atomic E-state index is -0.0778. The van der Waals surface area contributed by atoms with Gasteiger partial charge in [-0.3, -0.25) is 10.1 Å². The predicted molar refractivity (Wildman–Crippen MR) is 47.5 cm³/mol. The summed E-state index contributed by atoms with van der Waals surface area (Å²) in [6.45, 7) is 2.77. The SMILES string of the molecule is C#CC(CC)NC1CCNC1=O. The summed E-state index contributed by atoms with van der Waals surface area (Å²) in [7, 11) is 0. The van der Waals surface area contributed by atoms with Crippen molar-refractivity contribution in [1.82, 2.24) is 10.6 Å². The summed E-state index contributed by atoms with van der Waals surface area (Å²) in [5.41, 5.74) is 0. The Morgan fingerprint density at radius 2 is 2.67 bits per heavy atom. The quantitative estimate of drug-likeness (QED) is 0.574. The molecule has 1 saturated heterocycles. The maximum atomic E-state index is 11.1. The number of amides is 1. The smallest absolute Gasteiger partial charge is 0.237 e. The van der Waals surface area contributed by atoms with Crippen LogP contribution in [0.4, 0.5) is 0 Å². The van der Waals surface area contributed by atoms with E-state index in [-0.39, 0.29) is 18.0 Å². The van der Waals surface area contributed by atoms with Crippen molar-refractivity contribution in [2.24, 2.45) is 0 Å². The highest BCUT2D eigenvalue weighted by molar-refractivity contribution is 5.83. The third-order valence-corrected chi connectivity index (χ3v) is 2.06. The van der Waals surface area contributed by atoms with Gasteiger partial charge >= 0.3 is 0 Å². The number of hydrogen-bond acceptors (Lipinski definition) is 2. The Morgan fingerprint density at radius 3 is 3.08 bits per heavy atom. The molecule has 66 valence electrons. The van der Waals surface area contributed by atoms with Gasteiger partial charge in [0.2, 0.25) is 5.91 Å². The van der Waals surface area contributed by atoms with Crippen molar-refractivity contribution >= 4 is 5.91 Å². The molecular weight excluding hydrogens is 152 g/mol. The summed E-state index contributed by atoms with van der Waals surface area (Å²) < 4.78 is 0. The molecule has 0 bridgehead atoms. The molecule has 1 fully saturated rings. The lowest BCUT2D eigenvalue weighted by Gasteiger charge is -2.14. The van der Waals surface area contributed by atoms with Gasteiger partial charge in [0, 0.05) is 6.54 Å². The van der Waals surface area contributed by atoms with Crippen molar-refractivity contribution in [2.45, 2.75) is 31.8 Å². The Labute approximate surface area is 72.9 Å². The van der Waals surface area contributed by atoms with Crippen LogP contribution < -0.4 is 10.6 Å². The highest BCUT2D eigenvalue weighted by Gasteiger charge is 2.24. The number of terminal acetylenes is 1. The van der Waals surface area contributed by atoms with Crippen LogP contribution in [0.3, 0.4) is 0 Å². The van der Waals surface area contributed by atoms with Crippen molar-refractivity contribution in [1.29, 1.82) is 0 Å². The van der Waals surface area contributed by atoms with Crippen LogP contribution in [0.2, 0.25) is 0 Å². The summed E-state index contributed by atoms with van der Waals surface area (Å²) in [6, 6.07) is -0.0511. The van der Waals surface area contributed by atoms with Crippen LogP contribution in [-0.4, -0.2) is 24.5 Å². The van der Waals surface area contributed by atoms with Crippen LogP contribution in [0, 0.1) is 12.3 Å². The molecule has 2 unspecified atom stereocenters. The first-order chi connectivity index (χ1) is 5.77. The largest absolute Gasteiger partial charge is 0.355 e. The van der Waals surface area contributed by atoms with E-state index in [1.165, 1.54) is 0 Å². The van der Waals surface area contributed by atoms with E-state index >= 15 is 0 Å². The first-order valence-corrected chi connectivity index (χ1v) is 4.27. The van der Waals surface area contributed by atoms with Crippen LogP contribution in [0.15, 0.2) is 0 Å². The fourth-order valence-electron chi connectivity index (χ4n) is 1.28. The molecular formula is C9H14N2O. The van der Waals surface area contributed by atoms with E-state index in [0.717, 1.165) is 19.4 Å². The molecule has 1 amide bonds. The molecule has 1 aliphatic rings. The maximum Gasteiger partial charge on any atom is 0.237 e. The molecule has 0 aromatic carbocycles. The molecule has 0 saturated carbocycles. The zero-order valence-corrected chi connectivity index (χ0v) is 7.26. The molecule has 12 heavy (non-hydrogen) atoms. The van der Waals surface area contributed by atoms with E-state index in [9.17, 15) is 4.79 Å². The fraction of sp³-hybridized carbons (Fsp3) is 0.667. The van der Waals surface area contributed by atoms with Crippen LogP contribution in [-0.2, 0) is 4.79 Å². The zero-order chi connectivity index (χ0) is 8.97. The molecule has 0 aromatic heterocycles. The normalized spacial score (nSPS) is 24.7.